The van der Waals surface area contributed by atoms with Crippen LogP contribution in [0.4, 0.5) is 16.0 Å². The van der Waals surface area contributed by atoms with Gasteiger partial charge in [0.25, 0.3) is 0 Å². The van der Waals surface area contributed by atoms with Gasteiger partial charge in [-0.25, -0.2) is 19.3 Å². The zero-order valence-corrected chi connectivity index (χ0v) is 18.4. The summed E-state index contributed by atoms with van der Waals surface area (Å²) < 4.78 is 25.5. The quantitative estimate of drug-likeness (QED) is 0.486. The Hall–Kier alpha value is -3.90. The van der Waals surface area contributed by atoms with Crippen LogP contribution in [0.25, 0.3) is 22.2 Å². The van der Waals surface area contributed by atoms with Gasteiger partial charge in [-0.15, -0.1) is 0 Å². The highest BCUT2D eigenvalue weighted by molar-refractivity contribution is 7.84. The molecule has 2 aromatic heterocycles. The van der Waals surface area contributed by atoms with E-state index in [4.69, 9.17) is 16.7 Å². The lowest BCUT2D eigenvalue weighted by Gasteiger charge is -2.12. The van der Waals surface area contributed by atoms with E-state index in [0.717, 1.165) is 33.5 Å². The molecule has 4 rings (SSSR count). The van der Waals surface area contributed by atoms with Gasteiger partial charge in [0, 0.05) is 28.2 Å². The first-order valence-corrected chi connectivity index (χ1v) is 11.2. The molecule has 9 heteroatoms. The number of hydrogen-bond donors (Lipinski definition) is 2. The number of nitrogens with two attached hydrogens (primary N) is 2. The van der Waals surface area contributed by atoms with Crippen molar-refractivity contribution < 1.29 is 8.60 Å². The van der Waals surface area contributed by atoms with Gasteiger partial charge in [-0.05, 0) is 36.2 Å². The van der Waals surface area contributed by atoms with Crippen molar-refractivity contribution in [2.75, 3.05) is 17.7 Å². The molecular weight excluding hydrogens is 427 g/mol. The zero-order valence-electron chi connectivity index (χ0n) is 17.5. The molecule has 162 valence electrons. The topological polar surface area (TPSA) is 132 Å². The van der Waals surface area contributed by atoms with Crippen molar-refractivity contribution in [1.82, 2.24) is 15.0 Å². The second-order valence-electron chi connectivity index (χ2n) is 6.77. The van der Waals surface area contributed by atoms with Crippen LogP contribution in [0, 0.1) is 17.1 Å². The van der Waals surface area contributed by atoms with Crippen LogP contribution < -0.4 is 11.5 Å². The van der Waals surface area contributed by atoms with Crippen LogP contribution in [-0.4, -0.2) is 25.4 Å². The van der Waals surface area contributed by atoms with E-state index >= 15 is 0 Å². The molecule has 4 N–H and O–H groups in total. The zero-order chi connectivity index (χ0) is 23.3. The van der Waals surface area contributed by atoms with Gasteiger partial charge in [-0.1, -0.05) is 25.1 Å². The van der Waals surface area contributed by atoms with Gasteiger partial charge in [0.15, 0.2) is 0 Å². The Bertz CT molecular complexity index is 1330. The van der Waals surface area contributed by atoms with E-state index in [1.165, 1.54) is 18.5 Å². The first-order chi connectivity index (χ1) is 15.3. The maximum Gasteiger partial charge on any atom is 0.146 e. The highest BCUT2D eigenvalue weighted by atomic mass is 32.2. The van der Waals surface area contributed by atoms with Gasteiger partial charge in [0.05, 0.1) is 22.0 Å². The van der Waals surface area contributed by atoms with Crippen LogP contribution in [0.5, 0.6) is 0 Å². The predicted molar refractivity (Wildman–Crippen MR) is 124 cm³/mol. The van der Waals surface area contributed by atoms with Crippen molar-refractivity contribution >= 4 is 33.3 Å². The second-order valence-corrected chi connectivity index (χ2v) is 8.12. The number of anilines is 2. The van der Waals surface area contributed by atoms with Gasteiger partial charge in [-0.2, -0.15) is 5.26 Å². The number of nitriles is 1. The molecule has 0 saturated carbocycles. The second kappa shape index (κ2) is 9.94. The molecule has 2 heterocycles. The minimum Gasteiger partial charge on any atom is -0.382 e. The SMILES string of the molecule is CCc1cc2ccc(F)cc2nc1-c1ccccc1S(C)=O.N#Cc1c(N)ncnc1N. The maximum absolute atomic E-state index is 13.5. The third kappa shape index (κ3) is 4.87. The van der Waals surface area contributed by atoms with E-state index in [0.29, 0.717) is 5.52 Å². The Labute approximate surface area is 187 Å². The Kier molecular flexibility index (Phi) is 7.07. The van der Waals surface area contributed by atoms with Crippen LogP contribution in [0.3, 0.4) is 0 Å². The number of aromatic nitrogens is 3. The molecule has 0 bridgehead atoms. The molecule has 0 spiro atoms. The number of rotatable bonds is 3. The number of pyridine rings is 1. The minimum atomic E-state index is -1.10. The number of benzene rings is 2. The summed E-state index contributed by atoms with van der Waals surface area (Å²) >= 11 is 0. The summed E-state index contributed by atoms with van der Waals surface area (Å²) in [5.41, 5.74) is 14.0. The number of fused-ring (bicyclic) bond motifs is 1. The Morgan fingerprint density at radius 3 is 2.38 bits per heavy atom. The van der Waals surface area contributed by atoms with Crippen molar-refractivity contribution in [1.29, 1.82) is 5.26 Å². The van der Waals surface area contributed by atoms with Crippen LogP contribution in [0.15, 0.2) is 59.8 Å². The molecule has 0 fully saturated rings. The summed E-state index contributed by atoms with van der Waals surface area (Å²) in [6, 6.07) is 16.0. The smallest absolute Gasteiger partial charge is 0.146 e. The fourth-order valence-corrected chi connectivity index (χ4v) is 3.87. The summed E-state index contributed by atoms with van der Waals surface area (Å²) in [5, 5.41) is 9.32. The number of halogens is 1. The molecule has 0 aliphatic rings. The fraction of sp³-hybridized carbons (Fsp3) is 0.130. The van der Waals surface area contributed by atoms with Crippen molar-refractivity contribution in [3.63, 3.8) is 0 Å². The van der Waals surface area contributed by atoms with Gasteiger partial charge >= 0.3 is 0 Å². The Morgan fingerprint density at radius 1 is 1.09 bits per heavy atom. The lowest BCUT2D eigenvalue weighted by Crippen LogP contribution is -2.01. The summed E-state index contributed by atoms with van der Waals surface area (Å²) in [5.74, 6) is -0.0625. The van der Waals surface area contributed by atoms with E-state index < -0.39 is 10.8 Å². The first kappa shape index (κ1) is 22.8. The van der Waals surface area contributed by atoms with Crippen molar-refractivity contribution in [3.05, 3.63) is 71.8 Å². The average Bonchev–Trinajstić information content (AvgIpc) is 2.78. The van der Waals surface area contributed by atoms with Crippen molar-refractivity contribution in [2.24, 2.45) is 0 Å². The molecule has 0 saturated heterocycles. The van der Waals surface area contributed by atoms with Gasteiger partial charge < -0.3 is 11.5 Å². The normalized spacial score (nSPS) is 11.3. The largest absolute Gasteiger partial charge is 0.382 e. The molecule has 2 aromatic carbocycles. The molecule has 0 aliphatic carbocycles. The Balaban J connectivity index is 0.000000243. The number of aryl methyl sites for hydroxylation is 1. The van der Waals surface area contributed by atoms with Gasteiger partial charge in [0.1, 0.15) is 35.4 Å². The van der Waals surface area contributed by atoms with Gasteiger partial charge in [-0.3, -0.25) is 4.21 Å². The summed E-state index contributed by atoms with van der Waals surface area (Å²) in [6.45, 7) is 2.06. The molecule has 0 amide bonds. The molecule has 1 unspecified atom stereocenters. The molecule has 0 aliphatic heterocycles. The number of nitrogens with zero attached hydrogens (tertiary/aromatic N) is 4. The number of hydrogen-bond acceptors (Lipinski definition) is 7. The van der Waals surface area contributed by atoms with Crippen LogP contribution in [-0.2, 0) is 17.2 Å². The first-order valence-electron chi connectivity index (χ1n) is 9.63. The molecule has 7 nitrogen and oxygen atoms in total. The molecule has 32 heavy (non-hydrogen) atoms. The lowest BCUT2D eigenvalue weighted by atomic mass is 10.0. The lowest BCUT2D eigenvalue weighted by molar-refractivity contribution is 0.629. The molecule has 4 aromatic rings. The van der Waals surface area contributed by atoms with E-state index in [-0.39, 0.29) is 23.0 Å². The third-order valence-electron chi connectivity index (χ3n) is 4.71. The minimum absolute atomic E-state index is 0.120. The predicted octanol–water partition coefficient (Wildman–Crippen LogP) is 3.85. The standard InChI is InChI=1S/C18H16FNOS.C5H5N5/c1-3-12-10-13-8-9-14(19)11-16(13)20-18(12)15-6-4-5-7-17(15)22(2)21;6-1-3-4(7)9-2-10-5(3)8/h4-11H,3H2,1-2H3;2H,(H4,7,8,9,10). The summed E-state index contributed by atoms with van der Waals surface area (Å²) in [4.78, 5) is 12.5. The monoisotopic (exact) mass is 448 g/mol. The summed E-state index contributed by atoms with van der Waals surface area (Å²) in [6.07, 6.45) is 3.68. The fourth-order valence-electron chi connectivity index (χ4n) is 3.13. The van der Waals surface area contributed by atoms with E-state index in [1.54, 1.807) is 18.4 Å². The highest BCUT2D eigenvalue weighted by Gasteiger charge is 2.14. The van der Waals surface area contributed by atoms with E-state index in [2.05, 4.69) is 21.9 Å². The van der Waals surface area contributed by atoms with Crippen molar-refractivity contribution in [3.8, 4) is 17.3 Å². The average molecular weight is 449 g/mol. The molecule has 0 radical (unpaired) electrons. The summed E-state index contributed by atoms with van der Waals surface area (Å²) in [7, 11) is -1.10. The van der Waals surface area contributed by atoms with E-state index in [1.807, 2.05) is 30.3 Å². The van der Waals surface area contributed by atoms with Crippen LogP contribution >= 0.6 is 0 Å². The maximum atomic E-state index is 13.5. The Morgan fingerprint density at radius 2 is 1.78 bits per heavy atom. The highest BCUT2D eigenvalue weighted by Crippen LogP contribution is 2.30. The van der Waals surface area contributed by atoms with Crippen LogP contribution in [0.2, 0.25) is 0 Å². The van der Waals surface area contributed by atoms with Crippen LogP contribution in [0.1, 0.15) is 18.1 Å². The van der Waals surface area contributed by atoms with E-state index in [9.17, 15) is 8.60 Å². The molecular formula is C23H21FN6OS. The number of nitrogen functional groups attached to an aromatic ring is 2. The van der Waals surface area contributed by atoms with Crippen molar-refractivity contribution in [2.45, 2.75) is 18.2 Å². The molecule has 1 atom stereocenters. The third-order valence-corrected chi connectivity index (χ3v) is 5.68. The van der Waals surface area contributed by atoms with Gasteiger partial charge in [0.2, 0.25) is 0 Å².